The molecule has 2 N–H and O–H groups in total. The highest BCUT2D eigenvalue weighted by Gasteiger charge is 2.24. The van der Waals surface area contributed by atoms with Gasteiger partial charge in [-0.2, -0.15) is 5.10 Å². The van der Waals surface area contributed by atoms with Crippen LogP contribution in [0.15, 0.2) is 48.9 Å². The lowest BCUT2D eigenvalue weighted by atomic mass is 9.93. The summed E-state index contributed by atoms with van der Waals surface area (Å²) in [6.45, 7) is 1.78. The summed E-state index contributed by atoms with van der Waals surface area (Å²) in [5.41, 5.74) is 2.58. The molecule has 182 valence electrons. The molecule has 4 heterocycles. The van der Waals surface area contributed by atoms with E-state index in [2.05, 4.69) is 20.4 Å². The van der Waals surface area contributed by atoms with Gasteiger partial charge in [-0.15, -0.1) is 0 Å². The minimum atomic E-state index is -0.313. The van der Waals surface area contributed by atoms with E-state index in [1.54, 1.807) is 28.4 Å². The lowest BCUT2D eigenvalue weighted by Gasteiger charge is -2.27. The van der Waals surface area contributed by atoms with Crippen LogP contribution in [0.5, 0.6) is 11.5 Å². The summed E-state index contributed by atoms with van der Waals surface area (Å²) in [5, 5.41) is 18.9. The number of pyridine rings is 1. The molecular weight excluding hydrogens is 466 g/mol. The van der Waals surface area contributed by atoms with E-state index in [1.165, 1.54) is 0 Å². The molecule has 0 unspecified atom stereocenters. The third-order valence-electron chi connectivity index (χ3n) is 6.32. The first-order valence-electron chi connectivity index (χ1n) is 11.9. The van der Waals surface area contributed by atoms with Gasteiger partial charge < -0.3 is 24.6 Å². The van der Waals surface area contributed by atoms with Crippen molar-refractivity contribution in [3.63, 3.8) is 0 Å². The molecule has 6 rings (SSSR count). The van der Waals surface area contributed by atoms with Gasteiger partial charge in [0, 0.05) is 30.1 Å². The minimum absolute atomic E-state index is 0.0674. The number of aromatic nitrogens is 4. The van der Waals surface area contributed by atoms with Crippen molar-refractivity contribution in [1.82, 2.24) is 19.7 Å². The Morgan fingerprint density at radius 3 is 2.86 bits per heavy atom. The Hall–Kier alpha value is -3.05. The molecule has 0 radical (unpaired) electrons. The molecule has 1 aliphatic carbocycles. The topological polar surface area (TPSA) is 104 Å². The number of fused-ring (bicyclic) bond motifs is 1. The monoisotopic (exact) mass is 493 g/mol. The highest BCUT2D eigenvalue weighted by atomic mass is 32.1. The van der Waals surface area contributed by atoms with Crippen LogP contribution in [0.3, 0.4) is 0 Å². The predicted octanol–water partition coefficient (Wildman–Crippen LogP) is 4.44. The van der Waals surface area contributed by atoms with Crippen LogP contribution in [-0.4, -0.2) is 56.5 Å². The Morgan fingerprint density at radius 2 is 1.97 bits per heavy atom. The first-order valence-corrected chi connectivity index (χ1v) is 12.8. The number of thiazole rings is 1. The summed E-state index contributed by atoms with van der Waals surface area (Å²) >= 11 is 1.58. The zero-order valence-corrected chi connectivity index (χ0v) is 20.0. The Labute approximate surface area is 206 Å². The molecule has 0 spiro atoms. The second kappa shape index (κ2) is 9.90. The molecule has 1 aromatic carbocycles. The number of nitrogens with zero attached hydrogens (tertiary/aromatic N) is 4. The molecule has 9 nitrogen and oxygen atoms in total. The third-order valence-corrected chi connectivity index (χ3v) is 7.27. The average Bonchev–Trinajstić information content (AvgIpc) is 3.62. The summed E-state index contributed by atoms with van der Waals surface area (Å²) in [6, 6.07) is 9.68. The second-order valence-corrected chi connectivity index (χ2v) is 9.88. The van der Waals surface area contributed by atoms with Crippen LogP contribution in [0.1, 0.15) is 25.7 Å². The third kappa shape index (κ3) is 5.15. The smallest absolute Gasteiger partial charge is 0.184 e. The van der Waals surface area contributed by atoms with Crippen molar-refractivity contribution in [2.75, 3.05) is 18.5 Å². The zero-order valence-electron chi connectivity index (χ0n) is 19.2. The lowest BCUT2D eigenvalue weighted by molar-refractivity contribution is -0.0545. The van der Waals surface area contributed by atoms with Crippen molar-refractivity contribution in [2.45, 2.75) is 50.7 Å². The Bertz CT molecular complexity index is 1300. The van der Waals surface area contributed by atoms with E-state index in [-0.39, 0.29) is 18.4 Å². The predicted molar refractivity (Wildman–Crippen MR) is 133 cm³/mol. The fraction of sp³-hybridized carbons (Fsp3) is 0.400. The SMILES string of the molecule is O[C@@H]1CCCC[C@H]1Nc1nc2ccc(Oc3ccnc(-c4cnn(CC5OCCO5)c4)c3)cc2s1. The number of aliphatic hydroxyl groups excluding tert-OH is 1. The van der Waals surface area contributed by atoms with E-state index < -0.39 is 0 Å². The fourth-order valence-electron chi connectivity index (χ4n) is 4.50. The van der Waals surface area contributed by atoms with Gasteiger partial charge in [-0.1, -0.05) is 24.2 Å². The number of benzene rings is 1. The molecule has 35 heavy (non-hydrogen) atoms. The number of rotatable bonds is 7. The molecule has 1 saturated carbocycles. The number of anilines is 1. The van der Waals surface area contributed by atoms with Gasteiger partial charge in [-0.05, 0) is 31.0 Å². The summed E-state index contributed by atoms with van der Waals surface area (Å²) < 4.78 is 20.0. The van der Waals surface area contributed by atoms with Crippen LogP contribution in [0.4, 0.5) is 5.13 Å². The largest absolute Gasteiger partial charge is 0.457 e. The normalized spacial score (nSPS) is 20.9. The molecule has 2 fully saturated rings. The van der Waals surface area contributed by atoms with E-state index >= 15 is 0 Å². The van der Waals surface area contributed by atoms with E-state index in [9.17, 15) is 5.11 Å². The molecule has 4 aromatic rings. The van der Waals surface area contributed by atoms with Gasteiger partial charge in [0.2, 0.25) is 0 Å². The minimum Gasteiger partial charge on any atom is -0.457 e. The first-order chi connectivity index (χ1) is 17.2. The van der Waals surface area contributed by atoms with E-state index in [1.807, 2.05) is 36.5 Å². The zero-order chi connectivity index (χ0) is 23.6. The molecule has 1 aliphatic heterocycles. The molecule has 0 amide bonds. The van der Waals surface area contributed by atoms with Crippen LogP contribution in [0.2, 0.25) is 0 Å². The second-order valence-electron chi connectivity index (χ2n) is 8.85. The maximum atomic E-state index is 10.3. The van der Waals surface area contributed by atoms with Crippen molar-refractivity contribution < 1.29 is 19.3 Å². The Balaban J connectivity index is 1.15. The van der Waals surface area contributed by atoms with Crippen LogP contribution in [0, 0.1) is 0 Å². The Morgan fingerprint density at radius 1 is 1.11 bits per heavy atom. The number of nitrogens with one attached hydrogen (secondary N) is 1. The van der Waals surface area contributed by atoms with E-state index in [0.717, 1.165) is 58.0 Å². The van der Waals surface area contributed by atoms with Gasteiger partial charge in [0.25, 0.3) is 0 Å². The van der Waals surface area contributed by atoms with Gasteiger partial charge >= 0.3 is 0 Å². The molecule has 10 heteroatoms. The molecule has 2 aliphatic rings. The van der Waals surface area contributed by atoms with E-state index in [4.69, 9.17) is 14.2 Å². The Kier molecular flexibility index (Phi) is 6.34. The van der Waals surface area contributed by atoms with Crippen molar-refractivity contribution in [3.8, 4) is 22.8 Å². The lowest BCUT2D eigenvalue weighted by Crippen LogP contribution is -2.36. The van der Waals surface area contributed by atoms with Crippen molar-refractivity contribution >= 4 is 26.7 Å². The maximum absolute atomic E-state index is 10.3. The fourth-order valence-corrected chi connectivity index (χ4v) is 5.45. The van der Waals surface area contributed by atoms with Crippen molar-refractivity contribution in [1.29, 1.82) is 0 Å². The first kappa shape index (κ1) is 22.4. The summed E-state index contributed by atoms with van der Waals surface area (Å²) in [7, 11) is 0. The summed E-state index contributed by atoms with van der Waals surface area (Å²) in [6.07, 6.45) is 8.91. The molecule has 0 bridgehead atoms. The standard InChI is InChI=1S/C25H27N5O4S/c31-22-4-2-1-3-19(22)28-25-29-20-6-5-17(12-23(20)35-25)34-18-7-8-26-21(11-18)16-13-27-30(14-16)15-24-32-9-10-33-24/h5-8,11-14,19,22,24,31H,1-4,9-10,15H2,(H,28,29)/t19-,22-/m1/s1. The number of aliphatic hydroxyl groups is 1. The van der Waals surface area contributed by atoms with E-state index in [0.29, 0.717) is 25.5 Å². The summed E-state index contributed by atoms with van der Waals surface area (Å²) in [5.74, 6) is 1.42. The quantitative estimate of drug-likeness (QED) is 0.390. The van der Waals surface area contributed by atoms with Crippen molar-refractivity contribution in [3.05, 3.63) is 48.9 Å². The summed E-state index contributed by atoms with van der Waals surface area (Å²) in [4.78, 5) is 9.16. The van der Waals surface area contributed by atoms with Crippen molar-refractivity contribution in [2.24, 2.45) is 0 Å². The molecular formula is C25H27N5O4S. The number of hydrogen-bond donors (Lipinski definition) is 2. The van der Waals surface area contributed by atoms with Crippen LogP contribution in [-0.2, 0) is 16.0 Å². The molecule has 3 aromatic heterocycles. The highest BCUT2D eigenvalue weighted by molar-refractivity contribution is 7.22. The van der Waals surface area contributed by atoms with Gasteiger partial charge in [-0.25, -0.2) is 4.98 Å². The average molecular weight is 494 g/mol. The molecule has 1 saturated heterocycles. The van der Waals surface area contributed by atoms with Crippen LogP contribution < -0.4 is 10.1 Å². The van der Waals surface area contributed by atoms with Crippen LogP contribution >= 0.6 is 11.3 Å². The van der Waals surface area contributed by atoms with Gasteiger partial charge in [0.05, 0.1) is 54.0 Å². The highest BCUT2D eigenvalue weighted by Crippen LogP contribution is 2.33. The molecule has 2 atom stereocenters. The van der Waals surface area contributed by atoms with Gasteiger partial charge in [-0.3, -0.25) is 9.67 Å². The van der Waals surface area contributed by atoms with Crippen LogP contribution in [0.25, 0.3) is 21.5 Å². The van der Waals surface area contributed by atoms with Gasteiger partial charge in [0.15, 0.2) is 11.4 Å². The number of ether oxygens (including phenoxy) is 3. The van der Waals surface area contributed by atoms with Gasteiger partial charge in [0.1, 0.15) is 11.5 Å². The maximum Gasteiger partial charge on any atom is 0.184 e. The number of hydrogen-bond acceptors (Lipinski definition) is 9.